The summed E-state index contributed by atoms with van der Waals surface area (Å²) in [6.07, 6.45) is 0. The Kier molecular flexibility index (Phi) is 8.68. The van der Waals surface area contributed by atoms with Crippen molar-refractivity contribution < 1.29 is 28.7 Å². The van der Waals surface area contributed by atoms with Crippen molar-refractivity contribution in [1.82, 2.24) is 0 Å². The van der Waals surface area contributed by atoms with Gasteiger partial charge in [0.2, 0.25) is 5.91 Å². The third-order valence-corrected chi connectivity index (χ3v) is 4.60. The topological polar surface area (TPSA) is 90.0 Å². The summed E-state index contributed by atoms with van der Waals surface area (Å²) in [6, 6.07) is 6.18. The van der Waals surface area contributed by atoms with E-state index in [9.17, 15) is 19.2 Å². The Morgan fingerprint density at radius 3 is 2.14 bits per heavy atom. The average Bonchev–Trinajstić information content (AvgIpc) is 2.61. The lowest BCUT2D eigenvalue weighted by molar-refractivity contribution is -0.153. The molecule has 0 saturated carbocycles. The molecule has 1 unspecified atom stereocenters. The molecule has 154 valence electrons. The van der Waals surface area contributed by atoms with Crippen LogP contribution in [0.3, 0.4) is 0 Å². The largest absolute Gasteiger partial charge is 0.465 e. The second-order valence-corrected chi connectivity index (χ2v) is 8.45. The Morgan fingerprint density at radius 2 is 1.68 bits per heavy atom. The maximum Gasteiger partial charge on any atom is 0.337 e. The van der Waals surface area contributed by atoms with Crippen LogP contribution in [0.1, 0.15) is 45.0 Å². The van der Waals surface area contributed by atoms with Crippen LogP contribution in [0.25, 0.3) is 0 Å². The number of ether oxygens (including phenoxy) is 2. The summed E-state index contributed by atoms with van der Waals surface area (Å²) in [6.45, 7) is 8.09. The molecule has 0 heterocycles. The predicted octanol–water partition coefficient (Wildman–Crippen LogP) is 3.06. The average molecular weight is 410 g/mol. The van der Waals surface area contributed by atoms with E-state index in [1.54, 1.807) is 39.8 Å². The van der Waals surface area contributed by atoms with E-state index in [-0.39, 0.29) is 17.6 Å². The van der Waals surface area contributed by atoms with Crippen molar-refractivity contribution >= 4 is 40.4 Å². The van der Waals surface area contributed by atoms with Gasteiger partial charge in [0, 0.05) is 24.3 Å². The molecule has 28 heavy (non-hydrogen) atoms. The zero-order chi connectivity index (χ0) is 21.5. The van der Waals surface area contributed by atoms with Gasteiger partial charge in [0.1, 0.15) is 12.1 Å². The summed E-state index contributed by atoms with van der Waals surface area (Å²) < 4.78 is 10.00. The van der Waals surface area contributed by atoms with E-state index in [0.717, 1.165) is 11.8 Å². The first kappa shape index (κ1) is 23.7. The van der Waals surface area contributed by atoms with Gasteiger partial charge in [-0.05, 0) is 45.0 Å². The van der Waals surface area contributed by atoms with Crippen molar-refractivity contribution in [3.63, 3.8) is 0 Å². The Bertz CT molecular complexity index is 723. The lowest BCUT2D eigenvalue weighted by Gasteiger charge is -2.27. The van der Waals surface area contributed by atoms with Gasteiger partial charge < -0.3 is 14.4 Å². The fraction of sp³-hybridized carbons (Fsp3) is 0.500. The summed E-state index contributed by atoms with van der Waals surface area (Å²) in [4.78, 5) is 49.4. The number of nitrogens with zero attached hydrogens (tertiary/aromatic N) is 1. The van der Waals surface area contributed by atoms with Crippen molar-refractivity contribution in [2.24, 2.45) is 5.92 Å². The highest BCUT2D eigenvalue weighted by atomic mass is 32.2. The van der Waals surface area contributed by atoms with Crippen LogP contribution in [0.2, 0.25) is 0 Å². The standard InChI is InChI=1S/C20H27NO6S/c1-13(12-28-14(2)22)18(24)21(11-17(23)27-20(3,4)5)16-9-7-15(8-10-16)19(25)26-6/h7-10,13H,11-12H2,1-6H3. The molecule has 0 radical (unpaired) electrons. The minimum absolute atomic E-state index is 0.0826. The molecule has 0 aromatic heterocycles. The third-order valence-electron chi connectivity index (χ3n) is 3.53. The van der Waals surface area contributed by atoms with Gasteiger partial charge in [0.15, 0.2) is 5.12 Å². The molecular weight excluding hydrogens is 382 g/mol. The number of hydrogen-bond acceptors (Lipinski definition) is 7. The van der Waals surface area contributed by atoms with Crippen LogP contribution < -0.4 is 4.90 Å². The second-order valence-electron chi connectivity index (χ2n) is 7.25. The molecule has 1 amide bonds. The van der Waals surface area contributed by atoms with E-state index >= 15 is 0 Å². The third kappa shape index (κ3) is 7.72. The van der Waals surface area contributed by atoms with E-state index in [0.29, 0.717) is 17.0 Å². The Labute approximate surface area is 169 Å². The molecule has 8 heteroatoms. The van der Waals surface area contributed by atoms with Gasteiger partial charge in [-0.2, -0.15) is 0 Å². The number of amides is 1. The highest BCUT2D eigenvalue weighted by molar-refractivity contribution is 8.13. The Morgan fingerprint density at radius 1 is 1.11 bits per heavy atom. The maximum atomic E-state index is 12.9. The van der Waals surface area contributed by atoms with Crippen molar-refractivity contribution in [1.29, 1.82) is 0 Å². The van der Waals surface area contributed by atoms with Crippen molar-refractivity contribution in [3.05, 3.63) is 29.8 Å². The van der Waals surface area contributed by atoms with Gasteiger partial charge in [-0.25, -0.2) is 4.79 Å². The number of rotatable bonds is 7. The van der Waals surface area contributed by atoms with E-state index in [1.807, 2.05) is 0 Å². The van der Waals surface area contributed by atoms with Crippen LogP contribution >= 0.6 is 11.8 Å². The number of anilines is 1. The van der Waals surface area contributed by atoms with Crippen LogP contribution in [0.4, 0.5) is 5.69 Å². The van der Waals surface area contributed by atoms with Crippen molar-refractivity contribution in [3.8, 4) is 0 Å². The molecule has 1 aromatic carbocycles. The van der Waals surface area contributed by atoms with Crippen LogP contribution in [-0.4, -0.2) is 48.0 Å². The molecule has 0 aliphatic heterocycles. The maximum absolute atomic E-state index is 12.9. The molecule has 0 bridgehead atoms. The van der Waals surface area contributed by atoms with E-state index in [1.165, 1.54) is 31.1 Å². The lowest BCUT2D eigenvalue weighted by Crippen LogP contribution is -2.42. The quantitative estimate of drug-likeness (QED) is 0.639. The minimum Gasteiger partial charge on any atom is -0.465 e. The van der Waals surface area contributed by atoms with Crippen molar-refractivity contribution in [2.75, 3.05) is 24.3 Å². The molecule has 1 rings (SSSR count). The number of benzene rings is 1. The number of carbonyl (C=O) groups excluding carboxylic acids is 4. The summed E-state index contributed by atoms with van der Waals surface area (Å²) >= 11 is 1.05. The number of esters is 2. The molecule has 0 N–H and O–H groups in total. The molecule has 0 fully saturated rings. The smallest absolute Gasteiger partial charge is 0.337 e. The fourth-order valence-corrected chi connectivity index (χ4v) is 2.90. The van der Waals surface area contributed by atoms with E-state index in [2.05, 4.69) is 4.74 Å². The monoisotopic (exact) mass is 409 g/mol. The first-order chi connectivity index (χ1) is 12.9. The number of hydrogen-bond donors (Lipinski definition) is 0. The van der Waals surface area contributed by atoms with Crippen LogP contribution in [0.5, 0.6) is 0 Å². The minimum atomic E-state index is -0.684. The summed E-state index contributed by atoms with van der Waals surface area (Å²) in [5, 5.41) is -0.0826. The first-order valence-electron chi connectivity index (χ1n) is 8.79. The van der Waals surface area contributed by atoms with Gasteiger partial charge in [-0.1, -0.05) is 18.7 Å². The summed E-state index contributed by atoms with van der Waals surface area (Å²) in [7, 11) is 1.28. The van der Waals surface area contributed by atoms with Gasteiger partial charge in [-0.15, -0.1) is 0 Å². The van der Waals surface area contributed by atoms with Crippen LogP contribution in [-0.2, 0) is 23.9 Å². The zero-order valence-electron chi connectivity index (χ0n) is 17.1. The Hall–Kier alpha value is -2.35. The predicted molar refractivity (Wildman–Crippen MR) is 108 cm³/mol. The summed E-state index contributed by atoms with van der Waals surface area (Å²) in [5.41, 5.74) is 0.0932. The highest BCUT2D eigenvalue weighted by Crippen LogP contribution is 2.21. The molecule has 1 aromatic rings. The van der Waals surface area contributed by atoms with Gasteiger partial charge in [0.25, 0.3) is 0 Å². The number of methoxy groups -OCH3 is 1. The normalized spacial score (nSPS) is 12.1. The molecule has 0 saturated heterocycles. The number of thioether (sulfide) groups is 1. The highest BCUT2D eigenvalue weighted by Gasteiger charge is 2.27. The van der Waals surface area contributed by atoms with E-state index < -0.39 is 23.5 Å². The lowest BCUT2D eigenvalue weighted by atomic mass is 10.1. The molecule has 0 aliphatic carbocycles. The fourth-order valence-electron chi connectivity index (χ4n) is 2.27. The Balaban J connectivity index is 3.09. The van der Waals surface area contributed by atoms with Gasteiger partial charge in [0.05, 0.1) is 12.7 Å². The van der Waals surface area contributed by atoms with E-state index in [4.69, 9.17) is 4.74 Å². The zero-order valence-corrected chi connectivity index (χ0v) is 17.9. The van der Waals surface area contributed by atoms with Gasteiger partial charge in [-0.3, -0.25) is 14.4 Å². The summed E-state index contributed by atoms with van der Waals surface area (Å²) in [5.74, 6) is -1.55. The number of carbonyl (C=O) groups is 4. The molecule has 0 aliphatic rings. The van der Waals surface area contributed by atoms with Crippen LogP contribution in [0.15, 0.2) is 24.3 Å². The second kappa shape index (κ2) is 10.3. The van der Waals surface area contributed by atoms with Crippen LogP contribution in [0, 0.1) is 5.92 Å². The molecule has 1 atom stereocenters. The van der Waals surface area contributed by atoms with Gasteiger partial charge >= 0.3 is 11.9 Å². The van der Waals surface area contributed by atoms with Crippen molar-refractivity contribution in [2.45, 2.75) is 40.2 Å². The first-order valence-corrected chi connectivity index (χ1v) is 9.78. The molecule has 7 nitrogen and oxygen atoms in total. The molecule has 0 spiro atoms. The molecular formula is C20H27NO6S. The SMILES string of the molecule is COC(=O)c1ccc(N(CC(=O)OC(C)(C)C)C(=O)C(C)CSC(C)=O)cc1.